The lowest BCUT2D eigenvalue weighted by atomic mass is 9.86. The highest BCUT2D eigenvalue weighted by molar-refractivity contribution is 6.00. The van der Waals surface area contributed by atoms with Crippen LogP contribution in [-0.4, -0.2) is 45.1 Å². The molecular formula is C20H25N3O4. The molecule has 2 unspecified atom stereocenters. The van der Waals surface area contributed by atoms with Crippen molar-refractivity contribution in [2.24, 2.45) is 11.8 Å². The number of aliphatic carboxylic acids is 1. The van der Waals surface area contributed by atoms with E-state index in [-0.39, 0.29) is 17.2 Å². The van der Waals surface area contributed by atoms with E-state index in [1.165, 1.54) is 0 Å². The lowest BCUT2D eigenvalue weighted by Gasteiger charge is -2.35. The lowest BCUT2D eigenvalue weighted by molar-refractivity contribution is -0.145. The summed E-state index contributed by atoms with van der Waals surface area (Å²) in [6.45, 7) is 8.69. The topological polar surface area (TPSA) is 96.5 Å². The van der Waals surface area contributed by atoms with Crippen molar-refractivity contribution in [2.75, 3.05) is 13.1 Å². The van der Waals surface area contributed by atoms with E-state index in [2.05, 4.69) is 10.1 Å². The Morgan fingerprint density at radius 2 is 1.96 bits per heavy atom. The number of hydrogen-bond donors (Lipinski definition) is 1. The molecule has 3 rings (SSSR count). The maximum atomic E-state index is 13.1. The van der Waals surface area contributed by atoms with Gasteiger partial charge in [-0.2, -0.15) is 4.98 Å². The summed E-state index contributed by atoms with van der Waals surface area (Å²) in [5.41, 5.74) is 0.829. The fourth-order valence-electron chi connectivity index (χ4n) is 3.36. The number of carboxylic acids is 1. The Labute approximate surface area is 158 Å². The van der Waals surface area contributed by atoms with Crippen LogP contribution < -0.4 is 0 Å². The Hall–Kier alpha value is -2.70. The third-order valence-electron chi connectivity index (χ3n) is 4.99. The molecule has 1 fully saturated rings. The minimum Gasteiger partial charge on any atom is -0.481 e. The number of aromatic nitrogens is 2. The molecule has 0 saturated carbocycles. The molecule has 2 aromatic rings. The molecule has 1 saturated heterocycles. The zero-order valence-corrected chi connectivity index (χ0v) is 16.1. The van der Waals surface area contributed by atoms with E-state index < -0.39 is 11.9 Å². The van der Waals surface area contributed by atoms with Gasteiger partial charge in [0.05, 0.1) is 17.0 Å². The van der Waals surface area contributed by atoms with Gasteiger partial charge in [0.1, 0.15) is 0 Å². The summed E-state index contributed by atoms with van der Waals surface area (Å²) >= 11 is 0. The first-order chi connectivity index (χ1) is 12.7. The highest BCUT2D eigenvalue weighted by atomic mass is 16.5. The number of nitrogens with zero attached hydrogens (tertiary/aromatic N) is 3. The lowest BCUT2D eigenvalue weighted by Crippen LogP contribution is -2.45. The van der Waals surface area contributed by atoms with Crippen molar-refractivity contribution in [1.29, 1.82) is 0 Å². The molecule has 144 valence electrons. The average Bonchev–Trinajstić information content (AvgIpc) is 3.11. The van der Waals surface area contributed by atoms with Crippen LogP contribution in [0.15, 0.2) is 28.8 Å². The highest BCUT2D eigenvalue weighted by Gasteiger charge is 2.34. The number of rotatable bonds is 3. The van der Waals surface area contributed by atoms with E-state index in [0.29, 0.717) is 42.4 Å². The van der Waals surface area contributed by atoms with Gasteiger partial charge in [0, 0.05) is 18.5 Å². The standard InChI is InChI=1S/C20H25N3O4/c1-12-11-23(10-9-13(12)18(25)26)17(24)15-8-6-5-7-14(15)16-21-19(22-27-16)20(2,3)4/h5-8,12-13H,9-11H2,1-4H3,(H,25,26). The largest absolute Gasteiger partial charge is 0.481 e. The summed E-state index contributed by atoms with van der Waals surface area (Å²) in [6, 6.07) is 7.16. The fraction of sp³-hybridized carbons (Fsp3) is 0.500. The summed E-state index contributed by atoms with van der Waals surface area (Å²) in [7, 11) is 0. The zero-order chi connectivity index (χ0) is 19.8. The third kappa shape index (κ3) is 3.86. The summed E-state index contributed by atoms with van der Waals surface area (Å²) in [4.78, 5) is 30.6. The van der Waals surface area contributed by atoms with E-state index in [9.17, 15) is 14.7 Å². The number of benzene rings is 1. The van der Waals surface area contributed by atoms with Gasteiger partial charge in [0.15, 0.2) is 5.82 Å². The first-order valence-corrected chi connectivity index (χ1v) is 9.14. The number of carboxylic acid groups (broad SMARTS) is 1. The van der Waals surface area contributed by atoms with Crippen molar-refractivity contribution >= 4 is 11.9 Å². The number of amides is 1. The van der Waals surface area contributed by atoms with Gasteiger partial charge in [-0.05, 0) is 24.5 Å². The number of piperidine rings is 1. The van der Waals surface area contributed by atoms with E-state index in [4.69, 9.17) is 4.52 Å². The van der Waals surface area contributed by atoms with Gasteiger partial charge in [-0.3, -0.25) is 9.59 Å². The van der Waals surface area contributed by atoms with Crippen LogP contribution in [-0.2, 0) is 10.2 Å². The number of likely N-dealkylation sites (tertiary alicyclic amines) is 1. The monoisotopic (exact) mass is 371 g/mol. The van der Waals surface area contributed by atoms with Crippen LogP contribution in [0.1, 0.15) is 50.3 Å². The molecule has 27 heavy (non-hydrogen) atoms. The first-order valence-electron chi connectivity index (χ1n) is 9.14. The molecule has 7 nitrogen and oxygen atoms in total. The van der Waals surface area contributed by atoms with E-state index in [1.54, 1.807) is 23.1 Å². The number of hydrogen-bond acceptors (Lipinski definition) is 5. The maximum absolute atomic E-state index is 13.1. The van der Waals surface area contributed by atoms with Gasteiger partial charge in [0.2, 0.25) is 0 Å². The zero-order valence-electron chi connectivity index (χ0n) is 16.1. The Morgan fingerprint density at radius 1 is 1.26 bits per heavy atom. The molecule has 1 amide bonds. The van der Waals surface area contributed by atoms with Crippen molar-refractivity contribution in [3.63, 3.8) is 0 Å². The van der Waals surface area contributed by atoms with E-state index >= 15 is 0 Å². The number of carbonyl (C=O) groups is 2. The molecule has 2 atom stereocenters. The SMILES string of the molecule is CC1CN(C(=O)c2ccccc2-c2nc(C(C)(C)C)no2)CCC1C(=O)O. The second kappa shape index (κ2) is 7.13. The Morgan fingerprint density at radius 3 is 2.56 bits per heavy atom. The fourth-order valence-corrected chi connectivity index (χ4v) is 3.36. The van der Waals surface area contributed by atoms with Crippen molar-refractivity contribution < 1.29 is 19.2 Å². The second-order valence-corrected chi connectivity index (χ2v) is 8.18. The molecule has 0 aliphatic carbocycles. The molecule has 2 heterocycles. The van der Waals surface area contributed by atoms with Gasteiger partial charge in [-0.25, -0.2) is 0 Å². The molecule has 7 heteroatoms. The van der Waals surface area contributed by atoms with Gasteiger partial charge in [-0.1, -0.05) is 45.0 Å². The summed E-state index contributed by atoms with van der Waals surface area (Å²) < 4.78 is 5.42. The van der Waals surface area contributed by atoms with Gasteiger partial charge >= 0.3 is 5.97 Å². The quantitative estimate of drug-likeness (QED) is 0.890. The minimum absolute atomic E-state index is 0.0942. The Bertz CT molecular complexity index is 853. The number of carbonyl (C=O) groups excluding carboxylic acids is 1. The van der Waals surface area contributed by atoms with Gasteiger partial charge in [-0.15, -0.1) is 0 Å². The van der Waals surface area contributed by atoms with Crippen molar-refractivity contribution in [3.8, 4) is 11.5 Å². The summed E-state index contributed by atoms with van der Waals surface area (Å²) in [5.74, 6) is -0.543. The van der Waals surface area contributed by atoms with Crippen LogP contribution in [0, 0.1) is 11.8 Å². The van der Waals surface area contributed by atoms with Crippen molar-refractivity contribution in [2.45, 2.75) is 39.5 Å². The van der Waals surface area contributed by atoms with Crippen LogP contribution >= 0.6 is 0 Å². The predicted octanol–water partition coefficient (Wildman–Crippen LogP) is 3.22. The maximum Gasteiger partial charge on any atom is 0.306 e. The average molecular weight is 371 g/mol. The molecule has 1 aromatic carbocycles. The molecule has 0 bridgehead atoms. The smallest absolute Gasteiger partial charge is 0.306 e. The van der Waals surface area contributed by atoms with Gasteiger partial charge in [0.25, 0.3) is 11.8 Å². The Kier molecular flexibility index (Phi) is 5.04. The highest BCUT2D eigenvalue weighted by Crippen LogP contribution is 2.29. The molecule has 0 spiro atoms. The van der Waals surface area contributed by atoms with Crippen LogP contribution in [0.3, 0.4) is 0 Å². The molecule has 1 N–H and O–H groups in total. The molecule has 0 radical (unpaired) electrons. The predicted molar refractivity (Wildman–Crippen MR) is 99.2 cm³/mol. The van der Waals surface area contributed by atoms with E-state index in [1.807, 2.05) is 33.8 Å². The summed E-state index contributed by atoms with van der Waals surface area (Å²) in [5, 5.41) is 13.3. The Balaban J connectivity index is 1.87. The second-order valence-electron chi connectivity index (χ2n) is 8.18. The third-order valence-corrected chi connectivity index (χ3v) is 4.99. The molecular weight excluding hydrogens is 346 g/mol. The molecule has 1 aliphatic rings. The first kappa shape index (κ1) is 19.1. The normalized spacial score (nSPS) is 20.5. The van der Waals surface area contributed by atoms with Crippen molar-refractivity contribution in [3.05, 3.63) is 35.7 Å². The minimum atomic E-state index is -0.796. The van der Waals surface area contributed by atoms with Gasteiger partial charge < -0.3 is 14.5 Å². The van der Waals surface area contributed by atoms with Crippen LogP contribution in [0.5, 0.6) is 0 Å². The van der Waals surface area contributed by atoms with Crippen molar-refractivity contribution in [1.82, 2.24) is 15.0 Å². The molecule has 1 aliphatic heterocycles. The summed E-state index contributed by atoms with van der Waals surface area (Å²) in [6.07, 6.45) is 0.457. The van der Waals surface area contributed by atoms with Crippen LogP contribution in [0.2, 0.25) is 0 Å². The van der Waals surface area contributed by atoms with E-state index in [0.717, 1.165) is 0 Å². The van der Waals surface area contributed by atoms with Crippen LogP contribution in [0.25, 0.3) is 11.5 Å². The van der Waals surface area contributed by atoms with Crippen LogP contribution in [0.4, 0.5) is 0 Å². The molecule has 1 aromatic heterocycles.